The number of carbonyl (C=O) groups excluding carboxylic acids is 1. The van der Waals surface area contributed by atoms with Gasteiger partial charge in [0.2, 0.25) is 5.91 Å². The van der Waals surface area contributed by atoms with Crippen molar-refractivity contribution in [1.29, 1.82) is 0 Å². The first-order valence-corrected chi connectivity index (χ1v) is 9.92. The fourth-order valence-corrected chi connectivity index (χ4v) is 3.94. The molecule has 4 nitrogen and oxygen atoms in total. The Bertz CT molecular complexity index is 931. The van der Waals surface area contributed by atoms with Gasteiger partial charge < -0.3 is 9.47 Å². The van der Waals surface area contributed by atoms with Gasteiger partial charge in [-0.3, -0.25) is 4.79 Å². The Kier molecular flexibility index (Phi) is 4.97. The Hall–Kier alpha value is -2.62. The van der Waals surface area contributed by atoms with Crippen LogP contribution < -0.4 is 0 Å². The third kappa shape index (κ3) is 3.61. The van der Waals surface area contributed by atoms with Crippen LogP contribution in [-0.2, 0) is 17.9 Å². The van der Waals surface area contributed by atoms with Gasteiger partial charge in [0.15, 0.2) is 0 Å². The SMILES string of the molecule is CCC(C)Cn1c(C2CC(=O)N(Cc3ccccc3)C2)nc2ccccc21. The first kappa shape index (κ1) is 17.8. The maximum Gasteiger partial charge on any atom is 0.223 e. The summed E-state index contributed by atoms with van der Waals surface area (Å²) in [5.74, 6) is 2.04. The lowest BCUT2D eigenvalue weighted by atomic mass is 10.1. The Morgan fingerprint density at radius 2 is 1.85 bits per heavy atom. The molecule has 0 saturated carbocycles. The largest absolute Gasteiger partial charge is 0.338 e. The molecule has 0 aliphatic carbocycles. The number of nitrogens with zero attached hydrogens (tertiary/aromatic N) is 3. The van der Waals surface area contributed by atoms with Gasteiger partial charge in [-0.1, -0.05) is 62.7 Å². The predicted molar refractivity (Wildman–Crippen MR) is 108 cm³/mol. The van der Waals surface area contributed by atoms with E-state index in [2.05, 4.69) is 48.7 Å². The molecule has 1 amide bonds. The molecule has 4 heteroatoms. The normalized spacial score (nSPS) is 18.4. The van der Waals surface area contributed by atoms with Gasteiger partial charge in [0.1, 0.15) is 5.82 Å². The number of imidazole rings is 1. The fraction of sp³-hybridized carbons (Fsp3) is 0.391. The van der Waals surface area contributed by atoms with Gasteiger partial charge >= 0.3 is 0 Å². The van der Waals surface area contributed by atoms with Crippen LogP contribution in [0, 0.1) is 5.92 Å². The monoisotopic (exact) mass is 361 g/mol. The molecule has 0 spiro atoms. The second-order valence-electron chi connectivity index (χ2n) is 7.74. The average molecular weight is 361 g/mol. The molecular formula is C23H27N3O. The topological polar surface area (TPSA) is 38.1 Å². The van der Waals surface area contributed by atoms with E-state index in [1.54, 1.807) is 0 Å². The number of likely N-dealkylation sites (tertiary alicyclic amines) is 1. The molecule has 140 valence electrons. The highest BCUT2D eigenvalue weighted by atomic mass is 16.2. The van der Waals surface area contributed by atoms with Crippen molar-refractivity contribution in [3.63, 3.8) is 0 Å². The van der Waals surface area contributed by atoms with E-state index >= 15 is 0 Å². The summed E-state index contributed by atoms with van der Waals surface area (Å²) < 4.78 is 2.35. The standard InChI is InChI=1S/C23H27N3O/c1-3-17(2)14-26-21-12-8-7-11-20(21)24-23(26)19-13-22(27)25(16-19)15-18-9-5-4-6-10-18/h4-12,17,19H,3,13-16H2,1-2H3. The molecule has 1 aliphatic rings. The molecule has 0 bridgehead atoms. The van der Waals surface area contributed by atoms with Crippen molar-refractivity contribution in [2.24, 2.45) is 5.92 Å². The van der Waals surface area contributed by atoms with E-state index in [4.69, 9.17) is 4.98 Å². The molecule has 2 aromatic carbocycles. The lowest BCUT2D eigenvalue weighted by Crippen LogP contribution is -2.24. The zero-order valence-corrected chi connectivity index (χ0v) is 16.1. The van der Waals surface area contributed by atoms with Gasteiger partial charge in [0.25, 0.3) is 0 Å². The van der Waals surface area contributed by atoms with Gasteiger partial charge in [0.05, 0.1) is 11.0 Å². The van der Waals surface area contributed by atoms with Gasteiger partial charge in [-0.25, -0.2) is 4.98 Å². The minimum Gasteiger partial charge on any atom is -0.338 e. The van der Waals surface area contributed by atoms with Gasteiger partial charge in [0, 0.05) is 32.0 Å². The van der Waals surface area contributed by atoms with Crippen LogP contribution in [0.3, 0.4) is 0 Å². The van der Waals surface area contributed by atoms with Crippen molar-refractivity contribution < 1.29 is 4.79 Å². The van der Waals surface area contributed by atoms with E-state index in [0.717, 1.165) is 30.9 Å². The minimum absolute atomic E-state index is 0.165. The average Bonchev–Trinajstić information content (AvgIpc) is 3.23. The van der Waals surface area contributed by atoms with Crippen LogP contribution in [-0.4, -0.2) is 26.9 Å². The molecule has 2 unspecified atom stereocenters. The maximum atomic E-state index is 12.7. The molecule has 2 heterocycles. The summed E-state index contributed by atoms with van der Waals surface area (Å²) in [5.41, 5.74) is 3.39. The fourth-order valence-electron chi connectivity index (χ4n) is 3.94. The highest BCUT2D eigenvalue weighted by Crippen LogP contribution is 2.32. The molecule has 1 aromatic heterocycles. The van der Waals surface area contributed by atoms with Gasteiger partial charge in [-0.15, -0.1) is 0 Å². The molecule has 27 heavy (non-hydrogen) atoms. The van der Waals surface area contributed by atoms with Gasteiger partial charge in [-0.05, 0) is 23.6 Å². The Labute approximate surface area is 160 Å². The summed E-state index contributed by atoms with van der Waals surface area (Å²) in [6.07, 6.45) is 1.69. The first-order chi connectivity index (χ1) is 13.2. The second-order valence-corrected chi connectivity index (χ2v) is 7.74. The van der Waals surface area contributed by atoms with E-state index in [0.29, 0.717) is 18.9 Å². The molecule has 3 aromatic rings. The van der Waals surface area contributed by atoms with Crippen molar-refractivity contribution in [1.82, 2.24) is 14.5 Å². The minimum atomic E-state index is 0.165. The van der Waals surface area contributed by atoms with Crippen molar-refractivity contribution >= 4 is 16.9 Å². The maximum absolute atomic E-state index is 12.7. The quantitative estimate of drug-likeness (QED) is 0.644. The molecular weight excluding hydrogens is 334 g/mol. The smallest absolute Gasteiger partial charge is 0.223 e. The third-order valence-corrected chi connectivity index (χ3v) is 5.67. The van der Waals surface area contributed by atoms with E-state index in [-0.39, 0.29) is 11.8 Å². The summed E-state index contributed by atoms with van der Waals surface area (Å²) in [6.45, 7) is 6.89. The zero-order valence-electron chi connectivity index (χ0n) is 16.1. The van der Waals surface area contributed by atoms with Crippen LogP contribution in [0.15, 0.2) is 54.6 Å². The van der Waals surface area contributed by atoms with E-state index in [1.807, 2.05) is 29.2 Å². The number of carbonyl (C=O) groups is 1. The highest BCUT2D eigenvalue weighted by Gasteiger charge is 2.34. The molecule has 4 rings (SSSR count). The van der Waals surface area contributed by atoms with Crippen molar-refractivity contribution in [3.8, 4) is 0 Å². The summed E-state index contributed by atoms with van der Waals surface area (Å²) in [4.78, 5) is 19.6. The Balaban J connectivity index is 1.62. The molecule has 1 aliphatic heterocycles. The second kappa shape index (κ2) is 7.55. The first-order valence-electron chi connectivity index (χ1n) is 9.92. The lowest BCUT2D eigenvalue weighted by molar-refractivity contribution is -0.128. The summed E-state index contributed by atoms with van der Waals surface area (Å²) in [5, 5.41) is 0. The molecule has 0 radical (unpaired) electrons. The van der Waals surface area contributed by atoms with E-state index in [9.17, 15) is 4.79 Å². The number of benzene rings is 2. The third-order valence-electron chi connectivity index (χ3n) is 5.67. The Morgan fingerprint density at radius 3 is 2.63 bits per heavy atom. The molecule has 2 atom stereocenters. The zero-order chi connectivity index (χ0) is 18.8. The van der Waals surface area contributed by atoms with E-state index in [1.165, 1.54) is 11.1 Å². The van der Waals surface area contributed by atoms with Crippen molar-refractivity contribution in [2.75, 3.05) is 6.54 Å². The molecule has 0 N–H and O–H groups in total. The lowest BCUT2D eigenvalue weighted by Gasteiger charge is -2.18. The Morgan fingerprint density at radius 1 is 1.11 bits per heavy atom. The van der Waals surface area contributed by atoms with Crippen LogP contribution >= 0.6 is 0 Å². The predicted octanol–water partition coefficient (Wildman–Crippen LogP) is 4.60. The summed E-state index contributed by atoms with van der Waals surface area (Å²) in [6, 6.07) is 18.6. The summed E-state index contributed by atoms with van der Waals surface area (Å²) in [7, 11) is 0. The number of hydrogen-bond acceptors (Lipinski definition) is 2. The number of hydrogen-bond donors (Lipinski definition) is 0. The van der Waals surface area contributed by atoms with Crippen LogP contribution in [0.4, 0.5) is 0 Å². The van der Waals surface area contributed by atoms with E-state index < -0.39 is 0 Å². The number of amides is 1. The number of fused-ring (bicyclic) bond motifs is 1. The van der Waals surface area contributed by atoms with Crippen LogP contribution in [0.1, 0.15) is 44.0 Å². The van der Waals surface area contributed by atoms with Crippen LogP contribution in [0.25, 0.3) is 11.0 Å². The number of para-hydroxylation sites is 2. The van der Waals surface area contributed by atoms with Crippen molar-refractivity contribution in [3.05, 3.63) is 66.0 Å². The molecule has 1 fully saturated rings. The summed E-state index contributed by atoms with van der Waals surface area (Å²) >= 11 is 0. The van der Waals surface area contributed by atoms with Crippen LogP contribution in [0.2, 0.25) is 0 Å². The highest BCUT2D eigenvalue weighted by molar-refractivity contribution is 5.81. The number of rotatable bonds is 6. The molecule has 1 saturated heterocycles. The number of aromatic nitrogens is 2. The van der Waals surface area contributed by atoms with Crippen molar-refractivity contribution in [2.45, 2.75) is 45.7 Å². The van der Waals surface area contributed by atoms with Crippen LogP contribution in [0.5, 0.6) is 0 Å². The van der Waals surface area contributed by atoms with Gasteiger partial charge in [-0.2, -0.15) is 0 Å².